The van der Waals surface area contributed by atoms with Crippen molar-refractivity contribution >= 4 is 0 Å². The highest BCUT2D eigenvalue weighted by Crippen LogP contribution is 1.92. The molecule has 4 nitrogen and oxygen atoms in total. The Morgan fingerprint density at radius 2 is 2.46 bits per heavy atom. The molecule has 0 saturated heterocycles. The summed E-state index contributed by atoms with van der Waals surface area (Å²) < 4.78 is 0. The van der Waals surface area contributed by atoms with E-state index in [2.05, 4.69) is 15.5 Å². The molecule has 0 amide bonds. The number of aromatic nitrogens is 2. The van der Waals surface area contributed by atoms with Crippen LogP contribution in [0, 0.1) is 5.92 Å². The molecular weight excluding hydrogens is 166 g/mol. The predicted octanol–water partition coefficient (Wildman–Crippen LogP) is 0.195. The molecule has 0 aliphatic carbocycles. The van der Waals surface area contributed by atoms with Crippen LogP contribution in [0.3, 0.4) is 0 Å². The van der Waals surface area contributed by atoms with Crippen LogP contribution in [0.5, 0.6) is 0 Å². The molecule has 72 valence electrons. The van der Waals surface area contributed by atoms with Gasteiger partial charge in [-0.2, -0.15) is 10.2 Å². The summed E-state index contributed by atoms with van der Waals surface area (Å²) in [6.45, 7) is 3.71. The highest BCUT2D eigenvalue weighted by atomic mass is 16.3. The SMILES string of the molecule is CC(CO)CNCc1cccnn1. The quantitative estimate of drug-likeness (QED) is 0.681. The normalized spacial score (nSPS) is 12.8. The maximum absolute atomic E-state index is 8.76. The first kappa shape index (κ1) is 10.1. The lowest BCUT2D eigenvalue weighted by atomic mass is 10.2. The molecule has 2 N–H and O–H groups in total. The first-order valence-corrected chi connectivity index (χ1v) is 4.41. The molecule has 1 heterocycles. The van der Waals surface area contributed by atoms with Gasteiger partial charge in [0.1, 0.15) is 0 Å². The predicted molar refractivity (Wildman–Crippen MR) is 50.0 cm³/mol. The number of nitrogens with one attached hydrogen (secondary N) is 1. The Morgan fingerprint density at radius 3 is 3.08 bits per heavy atom. The van der Waals surface area contributed by atoms with Crippen molar-refractivity contribution in [3.63, 3.8) is 0 Å². The molecular formula is C9H15N3O. The molecule has 4 heteroatoms. The summed E-state index contributed by atoms with van der Waals surface area (Å²) in [5.41, 5.74) is 0.924. The van der Waals surface area contributed by atoms with Crippen LogP contribution in [0.25, 0.3) is 0 Å². The van der Waals surface area contributed by atoms with Gasteiger partial charge in [-0.15, -0.1) is 0 Å². The molecule has 0 bridgehead atoms. The van der Waals surface area contributed by atoms with Gasteiger partial charge in [0.05, 0.1) is 5.69 Å². The van der Waals surface area contributed by atoms with Gasteiger partial charge in [-0.25, -0.2) is 0 Å². The van der Waals surface area contributed by atoms with Crippen LogP contribution in [-0.4, -0.2) is 28.5 Å². The number of hydrogen-bond donors (Lipinski definition) is 2. The Kier molecular flexibility index (Phi) is 4.35. The second kappa shape index (κ2) is 5.61. The number of aliphatic hydroxyl groups is 1. The smallest absolute Gasteiger partial charge is 0.0768 e. The maximum Gasteiger partial charge on any atom is 0.0768 e. The molecule has 1 aromatic heterocycles. The fourth-order valence-corrected chi connectivity index (χ4v) is 0.939. The van der Waals surface area contributed by atoms with Crippen molar-refractivity contribution in [2.45, 2.75) is 13.5 Å². The van der Waals surface area contributed by atoms with Crippen LogP contribution in [0.2, 0.25) is 0 Å². The van der Waals surface area contributed by atoms with Crippen LogP contribution >= 0.6 is 0 Å². The molecule has 1 aromatic rings. The van der Waals surface area contributed by atoms with E-state index in [4.69, 9.17) is 5.11 Å². The fraction of sp³-hybridized carbons (Fsp3) is 0.556. The average molecular weight is 181 g/mol. The molecule has 0 fully saturated rings. The summed E-state index contributed by atoms with van der Waals surface area (Å²) in [5.74, 6) is 0.289. The number of rotatable bonds is 5. The third-order valence-corrected chi connectivity index (χ3v) is 1.74. The van der Waals surface area contributed by atoms with E-state index in [0.29, 0.717) is 6.54 Å². The summed E-state index contributed by atoms with van der Waals surface area (Å²) >= 11 is 0. The third-order valence-electron chi connectivity index (χ3n) is 1.74. The number of nitrogens with zero attached hydrogens (tertiary/aromatic N) is 2. The standard InChI is InChI=1S/C9H15N3O/c1-8(7-13)5-10-6-9-3-2-4-11-12-9/h2-4,8,10,13H,5-7H2,1H3. The van der Waals surface area contributed by atoms with Crippen molar-refractivity contribution in [2.75, 3.05) is 13.2 Å². The Bertz CT molecular complexity index is 228. The number of hydrogen-bond acceptors (Lipinski definition) is 4. The first-order valence-electron chi connectivity index (χ1n) is 4.41. The topological polar surface area (TPSA) is 58.0 Å². The monoisotopic (exact) mass is 181 g/mol. The number of aliphatic hydroxyl groups excluding tert-OH is 1. The average Bonchev–Trinajstić information content (AvgIpc) is 2.19. The van der Waals surface area contributed by atoms with E-state index in [1.165, 1.54) is 0 Å². The molecule has 0 saturated carbocycles. The summed E-state index contributed by atoms with van der Waals surface area (Å²) in [6, 6.07) is 3.78. The van der Waals surface area contributed by atoms with Gasteiger partial charge in [0.15, 0.2) is 0 Å². The molecule has 13 heavy (non-hydrogen) atoms. The molecule has 0 aliphatic heterocycles. The van der Waals surface area contributed by atoms with E-state index in [1.807, 2.05) is 19.1 Å². The highest BCUT2D eigenvalue weighted by Gasteiger charge is 1.99. The van der Waals surface area contributed by atoms with Crippen LogP contribution in [0.4, 0.5) is 0 Å². The van der Waals surface area contributed by atoms with Crippen molar-refractivity contribution < 1.29 is 5.11 Å². The van der Waals surface area contributed by atoms with Crippen molar-refractivity contribution in [1.29, 1.82) is 0 Å². The van der Waals surface area contributed by atoms with E-state index >= 15 is 0 Å². The highest BCUT2D eigenvalue weighted by molar-refractivity contribution is 4.98. The lowest BCUT2D eigenvalue weighted by Gasteiger charge is -2.08. The largest absolute Gasteiger partial charge is 0.396 e. The van der Waals surface area contributed by atoms with E-state index in [-0.39, 0.29) is 12.5 Å². The van der Waals surface area contributed by atoms with Crippen molar-refractivity contribution in [2.24, 2.45) is 5.92 Å². The molecule has 0 spiro atoms. The van der Waals surface area contributed by atoms with E-state index < -0.39 is 0 Å². The van der Waals surface area contributed by atoms with Gasteiger partial charge in [-0.1, -0.05) is 6.92 Å². The molecule has 1 atom stereocenters. The summed E-state index contributed by atoms with van der Waals surface area (Å²) in [5, 5.41) is 19.6. The van der Waals surface area contributed by atoms with E-state index in [1.54, 1.807) is 6.20 Å². The minimum Gasteiger partial charge on any atom is -0.396 e. The summed E-state index contributed by atoms with van der Waals surface area (Å²) in [7, 11) is 0. The van der Waals surface area contributed by atoms with Gasteiger partial charge in [0.25, 0.3) is 0 Å². The maximum atomic E-state index is 8.76. The summed E-state index contributed by atoms with van der Waals surface area (Å²) in [4.78, 5) is 0. The van der Waals surface area contributed by atoms with Crippen LogP contribution < -0.4 is 5.32 Å². The van der Waals surface area contributed by atoms with Gasteiger partial charge < -0.3 is 10.4 Å². The second-order valence-electron chi connectivity index (χ2n) is 3.13. The third kappa shape index (κ3) is 3.96. The minimum atomic E-state index is 0.216. The minimum absolute atomic E-state index is 0.216. The summed E-state index contributed by atoms with van der Waals surface area (Å²) in [6.07, 6.45) is 1.65. The first-order chi connectivity index (χ1) is 6.33. The molecule has 1 rings (SSSR count). The van der Waals surface area contributed by atoms with Crippen LogP contribution in [0.15, 0.2) is 18.3 Å². The fourth-order valence-electron chi connectivity index (χ4n) is 0.939. The molecule has 1 unspecified atom stereocenters. The van der Waals surface area contributed by atoms with Crippen molar-refractivity contribution in [1.82, 2.24) is 15.5 Å². The van der Waals surface area contributed by atoms with Crippen LogP contribution in [0.1, 0.15) is 12.6 Å². The van der Waals surface area contributed by atoms with Gasteiger partial charge in [0.2, 0.25) is 0 Å². The molecule has 0 radical (unpaired) electrons. The van der Waals surface area contributed by atoms with Gasteiger partial charge >= 0.3 is 0 Å². The van der Waals surface area contributed by atoms with Crippen LogP contribution in [-0.2, 0) is 6.54 Å². The van der Waals surface area contributed by atoms with Gasteiger partial charge in [-0.05, 0) is 18.1 Å². The zero-order chi connectivity index (χ0) is 9.52. The Balaban J connectivity index is 2.20. The van der Waals surface area contributed by atoms with Crippen molar-refractivity contribution in [3.05, 3.63) is 24.0 Å². The lowest BCUT2D eigenvalue weighted by Crippen LogP contribution is -2.23. The van der Waals surface area contributed by atoms with E-state index in [0.717, 1.165) is 12.2 Å². The van der Waals surface area contributed by atoms with E-state index in [9.17, 15) is 0 Å². The van der Waals surface area contributed by atoms with Crippen molar-refractivity contribution in [3.8, 4) is 0 Å². The Morgan fingerprint density at radius 1 is 1.62 bits per heavy atom. The zero-order valence-electron chi connectivity index (χ0n) is 7.77. The zero-order valence-corrected chi connectivity index (χ0v) is 7.77. The molecule has 0 aliphatic rings. The van der Waals surface area contributed by atoms with Gasteiger partial charge in [-0.3, -0.25) is 0 Å². The Labute approximate surface area is 78.0 Å². The lowest BCUT2D eigenvalue weighted by molar-refractivity contribution is 0.233. The second-order valence-corrected chi connectivity index (χ2v) is 3.13. The van der Waals surface area contributed by atoms with Gasteiger partial charge in [0, 0.05) is 25.9 Å². The molecule has 0 aromatic carbocycles. The Hall–Kier alpha value is -1.00.